The summed E-state index contributed by atoms with van der Waals surface area (Å²) in [7, 11) is 0. The largest absolute Gasteiger partial charge is 0.442 e. The lowest BCUT2D eigenvalue weighted by Gasteiger charge is -2.15. The van der Waals surface area contributed by atoms with Gasteiger partial charge in [0.05, 0.1) is 31.1 Å². The van der Waals surface area contributed by atoms with E-state index >= 15 is 0 Å². The van der Waals surface area contributed by atoms with Crippen molar-refractivity contribution in [2.75, 3.05) is 41.8 Å². The normalized spacial score (nSPS) is 17.0. The summed E-state index contributed by atoms with van der Waals surface area (Å²) in [6.07, 6.45) is 0.520. The molecular formula is C15H17FN4O4. The van der Waals surface area contributed by atoms with Crippen molar-refractivity contribution in [3.05, 3.63) is 36.3 Å². The molecule has 1 amide bonds. The molecule has 0 saturated carbocycles. The average molecular weight is 336 g/mol. The number of hydrogen-bond donors (Lipinski definition) is 3. The highest BCUT2D eigenvalue weighted by Crippen LogP contribution is 2.26. The lowest BCUT2D eigenvalue weighted by atomic mass is 10.2. The van der Waals surface area contributed by atoms with Gasteiger partial charge in [0.2, 0.25) is 0 Å². The van der Waals surface area contributed by atoms with Crippen LogP contribution in [0.4, 0.5) is 26.4 Å². The third-order valence-corrected chi connectivity index (χ3v) is 3.51. The van der Waals surface area contributed by atoms with Crippen molar-refractivity contribution in [1.82, 2.24) is 5.16 Å². The maximum absolute atomic E-state index is 14.0. The van der Waals surface area contributed by atoms with E-state index in [1.54, 1.807) is 12.1 Å². The Bertz CT molecular complexity index is 695. The fourth-order valence-electron chi connectivity index (χ4n) is 2.37. The Morgan fingerprint density at radius 3 is 2.96 bits per heavy atom. The number of aliphatic hydroxyl groups excluding tert-OH is 1. The molecular weight excluding hydrogens is 319 g/mol. The molecule has 1 unspecified atom stereocenters. The van der Waals surface area contributed by atoms with E-state index < -0.39 is 11.9 Å². The molecule has 0 spiro atoms. The number of ether oxygens (including phenoxy) is 1. The molecule has 3 rings (SSSR count). The van der Waals surface area contributed by atoms with Gasteiger partial charge in [0.1, 0.15) is 18.2 Å². The highest BCUT2D eigenvalue weighted by molar-refractivity contribution is 5.90. The number of nitrogens with zero attached hydrogens (tertiary/aromatic N) is 2. The first kappa shape index (κ1) is 16.1. The minimum absolute atomic E-state index is 0.0974. The van der Waals surface area contributed by atoms with Gasteiger partial charge in [-0.1, -0.05) is 5.16 Å². The number of cyclic esters (lactones) is 1. The molecule has 1 atom stereocenters. The quantitative estimate of drug-likeness (QED) is 0.707. The maximum atomic E-state index is 14.0. The second-order valence-electron chi connectivity index (χ2n) is 5.20. The molecule has 0 bridgehead atoms. The molecule has 9 heteroatoms. The van der Waals surface area contributed by atoms with Crippen molar-refractivity contribution in [3.8, 4) is 0 Å². The third kappa shape index (κ3) is 3.57. The van der Waals surface area contributed by atoms with Gasteiger partial charge in [0.25, 0.3) is 0 Å². The number of anilines is 3. The summed E-state index contributed by atoms with van der Waals surface area (Å²) in [5, 5.41) is 18.2. The maximum Gasteiger partial charge on any atom is 0.414 e. The summed E-state index contributed by atoms with van der Waals surface area (Å²) in [4.78, 5) is 13.4. The molecule has 1 aliphatic heterocycles. The van der Waals surface area contributed by atoms with E-state index in [0.717, 1.165) is 0 Å². The molecule has 3 N–H and O–H groups in total. The lowest BCUT2D eigenvalue weighted by Crippen LogP contribution is -2.27. The van der Waals surface area contributed by atoms with Crippen LogP contribution < -0.4 is 15.5 Å². The van der Waals surface area contributed by atoms with Gasteiger partial charge >= 0.3 is 6.09 Å². The molecule has 24 heavy (non-hydrogen) atoms. The van der Waals surface area contributed by atoms with Crippen molar-refractivity contribution >= 4 is 23.3 Å². The van der Waals surface area contributed by atoms with Gasteiger partial charge in [0, 0.05) is 12.6 Å². The van der Waals surface area contributed by atoms with Crippen LogP contribution in [0.25, 0.3) is 0 Å². The van der Waals surface area contributed by atoms with E-state index in [2.05, 4.69) is 15.8 Å². The van der Waals surface area contributed by atoms with Crippen molar-refractivity contribution in [3.63, 3.8) is 0 Å². The summed E-state index contributed by atoms with van der Waals surface area (Å²) in [5.74, 6) is 0.0489. The van der Waals surface area contributed by atoms with Crippen LogP contribution in [-0.4, -0.2) is 48.7 Å². The first-order valence-corrected chi connectivity index (χ1v) is 7.44. The molecule has 8 nitrogen and oxygen atoms in total. The smallest absolute Gasteiger partial charge is 0.414 e. The summed E-state index contributed by atoms with van der Waals surface area (Å²) < 4.78 is 24.0. The van der Waals surface area contributed by atoms with Crippen molar-refractivity contribution < 1.29 is 23.6 Å². The van der Waals surface area contributed by atoms with Gasteiger partial charge in [-0.15, -0.1) is 0 Å². The molecule has 1 aliphatic rings. The summed E-state index contributed by atoms with van der Waals surface area (Å²) in [5.41, 5.74) is 0.681. The predicted octanol–water partition coefficient (Wildman–Crippen LogP) is 1.66. The molecule has 0 radical (unpaired) electrons. The number of carbonyl (C=O) groups is 1. The minimum Gasteiger partial charge on any atom is -0.442 e. The summed E-state index contributed by atoms with van der Waals surface area (Å²) >= 11 is 0. The zero-order valence-corrected chi connectivity index (χ0v) is 12.7. The third-order valence-electron chi connectivity index (χ3n) is 3.51. The van der Waals surface area contributed by atoms with Crippen molar-refractivity contribution in [2.45, 2.75) is 6.10 Å². The molecule has 1 fully saturated rings. The monoisotopic (exact) mass is 336 g/mol. The Morgan fingerprint density at radius 2 is 2.25 bits per heavy atom. The fourth-order valence-corrected chi connectivity index (χ4v) is 2.37. The molecule has 2 aromatic rings. The minimum atomic E-state index is -0.530. The Balaban J connectivity index is 1.62. The van der Waals surface area contributed by atoms with Crippen LogP contribution in [0.5, 0.6) is 0 Å². The molecule has 0 aliphatic carbocycles. The highest BCUT2D eigenvalue weighted by atomic mass is 19.1. The molecule has 128 valence electrons. The average Bonchev–Trinajstić information content (AvgIpc) is 3.21. The van der Waals surface area contributed by atoms with Gasteiger partial charge in [0.15, 0.2) is 5.82 Å². The molecule has 1 aromatic carbocycles. The second kappa shape index (κ2) is 7.18. The Morgan fingerprint density at radius 1 is 1.38 bits per heavy atom. The van der Waals surface area contributed by atoms with Gasteiger partial charge in [-0.2, -0.15) is 0 Å². The topological polar surface area (TPSA) is 99.9 Å². The molecule has 1 aromatic heterocycles. The number of aromatic nitrogens is 1. The van der Waals surface area contributed by atoms with E-state index in [1.165, 1.54) is 23.3 Å². The van der Waals surface area contributed by atoms with Crippen LogP contribution in [0.3, 0.4) is 0 Å². The van der Waals surface area contributed by atoms with Gasteiger partial charge < -0.3 is 25.0 Å². The number of hydrogen-bond acceptors (Lipinski definition) is 7. The number of halogens is 1. The predicted molar refractivity (Wildman–Crippen MR) is 84.6 cm³/mol. The summed E-state index contributed by atoms with van der Waals surface area (Å²) in [6, 6.07) is 6.06. The van der Waals surface area contributed by atoms with E-state index in [4.69, 9.17) is 14.4 Å². The number of rotatable bonds is 7. The molecule has 1 saturated heterocycles. The van der Waals surface area contributed by atoms with Crippen LogP contribution in [0.15, 0.2) is 35.1 Å². The molecule has 2 heterocycles. The van der Waals surface area contributed by atoms with Crippen molar-refractivity contribution in [1.29, 1.82) is 0 Å². The van der Waals surface area contributed by atoms with Gasteiger partial charge in [-0.25, -0.2) is 9.18 Å². The van der Waals surface area contributed by atoms with Crippen LogP contribution in [0.1, 0.15) is 0 Å². The summed E-state index contributed by atoms with van der Waals surface area (Å²) in [6.45, 7) is 0.817. The Kier molecular flexibility index (Phi) is 4.80. The number of nitrogens with one attached hydrogen (secondary N) is 2. The van der Waals surface area contributed by atoms with Crippen LogP contribution in [-0.2, 0) is 4.74 Å². The fraction of sp³-hybridized carbons (Fsp3) is 0.333. The van der Waals surface area contributed by atoms with E-state index in [-0.39, 0.29) is 24.9 Å². The van der Waals surface area contributed by atoms with Crippen LogP contribution in [0.2, 0.25) is 0 Å². The Hall–Kier alpha value is -2.81. The lowest BCUT2D eigenvalue weighted by molar-refractivity contribution is 0.147. The van der Waals surface area contributed by atoms with Crippen LogP contribution >= 0.6 is 0 Å². The van der Waals surface area contributed by atoms with Crippen LogP contribution in [0, 0.1) is 5.82 Å². The second-order valence-corrected chi connectivity index (χ2v) is 5.20. The van der Waals surface area contributed by atoms with E-state index in [9.17, 15) is 9.18 Å². The van der Waals surface area contributed by atoms with E-state index in [0.29, 0.717) is 24.6 Å². The first-order chi connectivity index (χ1) is 11.7. The van der Waals surface area contributed by atoms with E-state index in [1.807, 2.05) is 0 Å². The number of carbonyl (C=O) groups excluding carboxylic acids is 1. The number of benzene rings is 1. The number of aliphatic hydroxyl groups is 1. The Labute approximate surface area is 137 Å². The van der Waals surface area contributed by atoms with Gasteiger partial charge in [-0.3, -0.25) is 4.90 Å². The van der Waals surface area contributed by atoms with Crippen molar-refractivity contribution in [2.24, 2.45) is 0 Å². The SMILES string of the molecule is O=C1OC(CNc2ccon2)CN1c1ccc(NCCO)c(F)c1. The highest BCUT2D eigenvalue weighted by Gasteiger charge is 2.32. The zero-order valence-electron chi connectivity index (χ0n) is 12.7. The number of amides is 1. The standard InChI is InChI=1S/C15H17FN4O4/c16-12-7-10(1-2-13(12)17-4-5-21)20-9-11(24-15(20)22)8-18-14-3-6-23-19-14/h1-3,6-7,11,17,21H,4-5,8-9H2,(H,18,19). The first-order valence-electron chi connectivity index (χ1n) is 7.44. The zero-order chi connectivity index (χ0) is 16.9. The van der Waals surface area contributed by atoms with Gasteiger partial charge in [-0.05, 0) is 18.2 Å².